The van der Waals surface area contributed by atoms with Gasteiger partial charge in [-0.05, 0) is 53.4 Å². The van der Waals surface area contributed by atoms with E-state index in [1.54, 1.807) is 66.0 Å². The van der Waals surface area contributed by atoms with Gasteiger partial charge >= 0.3 is 6.09 Å². The highest BCUT2D eigenvalue weighted by molar-refractivity contribution is 7.12. The molecule has 11 nitrogen and oxygen atoms in total. The lowest BCUT2D eigenvalue weighted by atomic mass is 9.97. The fourth-order valence-corrected chi connectivity index (χ4v) is 4.69. The number of rotatable bonds is 11. The number of carbonyl (C=O) groups is 3. The van der Waals surface area contributed by atoms with Gasteiger partial charge in [0, 0.05) is 41.9 Å². The summed E-state index contributed by atoms with van der Waals surface area (Å²) in [7, 11) is 1.48. The number of nitriles is 1. The summed E-state index contributed by atoms with van der Waals surface area (Å²) in [4.78, 5) is 41.1. The van der Waals surface area contributed by atoms with Gasteiger partial charge in [-0.25, -0.2) is 9.78 Å². The molecule has 0 aliphatic carbocycles. The lowest BCUT2D eigenvalue weighted by Crippen LogP contribution is -2.25. The van der Waals surface area contributed by atoms with Crippen LogP contribution >= 0.6 is 22.9 Å². The summed E-state index contributed by atoms with van der Waals surface area (Å²) in [5, 5.41) is 28.7. The predicted molar refractivity (Wildman–Crippen MR) is 159 cm³/mol. The number of benzene rings is 2. The monoisotopic (exact) mass is 605 g/mol. The number of ether oxygens (including phenoxy) is 2. The first-order valence-electron chi connectivity index (χ1n) is 12.4. The summed E-state index contributed by atoms with van der Waals surface area (Å²) in [6, 6.07) is 19.0. The van der Waals surface area contributed by atoms with Gasteiger partial charge in [-0.15, -0.1) is 11.3 Å². The van der Waals surface area contributed by atoms with Crippen molar-refractivity contribution in [2.24, 2.45) is 0 Å². The zero-order chi connectivity index (χ0) is 30.1. The van der Waals surface area contributed by atoms with Crippen LogP contribution in [0.2, 0.25) is 5.02 Å². The number of halogens is 1. The summed E-state index contributed by atoms with van der Waals surface area (Å²) in [5.41, 5.74) is 2.42. The van der Waals surface area contributed by atoms with Crippen LogP contribution in [0.1, 0.15) is 21.7 Å². The van der Waals surface area contributed by atoms with Crippen LogP contribution < -0.4 is 20.7 Å². The second-order valence-electron chi connectivity index (χ2n) is 8.62. The van der Waals surface area contributed by atoms with Gasteiger partial charge < -0.3 is 30.5 Å². The molecular weight excluding hydrogens is 582 g/mol. The number of nitrogens with one attached hydrogen (secondary N) is 3. The summed E-state index contributed by atoms with van der Waals surface area (Å²) in [6.45, 7) is -0.100. The molecule has 0 spiro atoms. The fraction of sp³-hybridized carbons (Fsp3) is 0.138. The van der Waals surface area contributed by atoms with Crippen molar-refractivity contribution in [2.75, 3.05) is 31.1 Å². The molecule has 42 heavy (non-hydrogen) atoms. The standard InChI is InChI=1S/C29H24ClN5O6S/c1-40-16-41-24-13-18(30)7-8-20(24)23-14-21(22(15-31)27(34-23)35-28(37)25-6-3-11-42-25)17-4-2-5-19(12-17)33-26(36)9-10-32-29(38)39/h2-8,11-14,32H,9-10,16H2,1H3,(H,33,36)(H,38,39)(H,34,35,37). The third kappa shape index (κ3) is 7.61. The molecule has 13 heteroatoms. The first kappa shape index (κ1) is 30.0. The van der Waals surface area contributed by atoms with Crippen LogP contribution in [0, 0.1) is 11.3 Å². The second-order valence-corrected chi connectivity index (χ2v) is 10.0. The summed E-state index contributed by atoms with van der Waals surface area (Å²) >= 11 is 7.46. The molecule has 2 aromatic heterocycles. The molecule has 0 radical (unpaired) electrons. The van der Waals surface area contributed by atoms with Crippen LogP contribution in [0.25, 0.3) is 22.4 Å². The van der Waals surface area contributed by atoms with Crippen molar-refractivity contribution in [1.29, 1.82) is 5.26 Å². The van der Waals surface area contributed by atoms with E-state index in [2.05, 4.69) is 27.0 Å². The molecule has 0 atom stereocenters. The third-order valence-electron chi connectivity index (χ3n) is 5.75. The molecule has 0 unspecified atom stereocenters. The number of nitrogens with zero attached hydrogens (tertiary/aromatic N) is 2. The molecule has 3 amide bonds. The molecule has 0 bridgehead atoms. The van der Waals surface area contributed by atoms with E-state index in [4.69, 9.17) is 26.2 Å². The van der Waals surface area contributed by atoms with Gasteiger partial charge in [0.15, 0.2) is 12.6 Å². The lowest BCUT2D eigenvalue weighted by Gasteiger charge is -2.16. The number of pyridine rings is 1. The van der Waals surface area contributed by atoms with E-state index in [0.717, 1.165) is 0 Å². The Hall–Kier alpha value is -4.96. The van der Waals surface area contributed by atoms with E-state index >= 15 is 0 Å². The predicted octanol–water partition coefficient (Wildman–Crippen LogP) is 5.83. The molecule has 0 saturated carbocycles. The number of methoxy groups -OCH3 is 1. The van der Waals surface area contributed by atoms with Crippen LogP contribution in [0.3, 0.4) is 0 Å². The molecule has 0 aliphatic rings. The number of hydrogen-bond acceptors (Lipinski definition) is 8. The Kier molecular flexibility index (Phi) is 10.1. The van der Waals surface area contributed by atoms with Gasteiger partial charge in [0.1, 0.15) is 17.4 Å². The number of hydrogen-bond donors (Lipinski definition) is 4. The first-order valence-corrected chi connectivity index (χ1v) is 13.6. The zero-order valence-corrected chi connectivity index (χ0v) is 23.7. The molecule has 214 valence electrons. The largest absolute Gasteiger partial charge is 0.467 e. The molecule has 2 heterocycles. The average molecular weight is 606 g/mol. The lowest BCUT2D eigenvalue weighted by molar-refractivity contribution is -0.116. The van der Waals surface area contributed by atoms with Crippen LogP contribution in [0.5, 0.6) is 5.75 Å². The van der Waals surface area contributed by atoms with Gasteiger partial charge in [0.25, 0.3) is 5.91 Å². The Morgan fingerprint density at radius 1 is 1.07 bits per heavy atom. The normalized spacial score (nSPS) is 10.4. The maximum absolute atomic E-state index is 13.0. The maximum Gasteiger partial charge on any atom is 0.404 e. The maximum atomic E-state index is 13.0. The van der Waals surface area contributed by atoms with E-state index in [0.29, 0.717) is 43.7 Å². The molecule has 0 fully saturated rings. The second kappa shape index (κ2) is 14.1. The van der Waals surface area contributed by atoms with E-state index in [9.17, 15) is 19.6 Å². The molecule has 0 aliphatic heterocycles. The molecule has 4 N–H and O–H groups in total. The van der Waals surface area contributed by atoms with Crippen LogP contribution in [0.15, 0.2) is 66.0 Å². The Labute approximate surface area is 249 Å². The van der Waals surface area contributed by atoms with Gasteiger partial charge in [-0.1, -0.05) is 29.8 Å². The highest BCUT2D eigenvalue weighted by Gasteiger charge is 2.20. The Morgan fingerprint density at radius 2 is 1.90 bits per heavy atom. The molecule has 4 rings (SSSR count). The quantitative estimate of drug-likeness (QED) is 0.155. The van der Waals surface area contributed by atoms with Gasteiger partial charge in [-0.2, -0.15) is 5.26 Å². The minimum atomic E-state index is -1.22. The summed E-state index contributed by atoms with van der Waals surface area (Å²) in [6.07, 6.45) is -1.29. The number of carbonyl (C=O) groups excluding carboxylic acids is 2. The topological polar surface area (TPSA) is 163 Å². The Morgan fingerprint density at radius 3 is 2.62 bits per heavy atom. The van der Waals surface area contributed by atoms with Crippen molar-refractivity contribution < 1.29 is 29.0 Å². The van der Waals surface area contributed by atoms with Crippen LogP contribution in [-0.2, 0) is 9.53 Å². The summed E-state index contributed by atoms with van der Waals surface area (Å²) in [5.74, 6) is -0.425. The number of amides is 3. The van der Waals surface area contributed by atoms with E-state index in [-0.39, 0.29) is 31.1 Å². The smallest absolute Gasteiger partial charge is 0.404 e. The SMILES string of the molecule is COCOc1cc(Cl)ccc1-c1cc(-c2cccc(NC(=O)CCNC(=O)O)c2)c(C#N)c(NC(=O)c2cccs2)n1. The van der Waals surface area contributed by atoms with Crippen LogP contribution in [0.4, 0.5) is 16.3 Å². The highest BCUT2D eigenvalue weighted by atomic mass is 35.5. The molecular formula is C29H24ClN5O6S. The van der Waals surface area contributed by atoms with Gasteiger partial charge in [0.05, 0.1) is 10.6 Å². The Balaban J connectivity index is 1.80. The number of carboxylic acid groups (broad SMARTS) is 1. The van der Waals surface area contributed by atoms with Crippen LogP contribution in [-0.4, -0.2) is 48.4 Å². The zero-order valence-electron chi connectivity index (χ0n) is 22.1. The average Bonchev–Trinajstić information content (AvgIpc) is 3.51. The van der Waals surface area contributed by atoms with E-state index in [1.807, 2.05) is 0 Å². The molecule has 4 aromatic rings. The number of aromatic nitrogens is 1. The third-order valence-corrected chi connectivity index (χ3v) is 6.85. The fourth-order valence-electron chi connectivity index (χ4n) is 3.91. The van der Waals surface area contributed by atoms with Gasteiger partial charge in [0.2, 0.25) is 5.91 Å². The van der Waals surface area contributed by atoms with Crippen molar-refractivity contribution >= 4 is 52.4 Å². The highest BCUT2D eigenvalue weighted by Crippen LogP contribution is 2.38. The molecule has 2 aromatic carbocycles. The Bertz CT molecular complexity index is 1650. The minimum absolute atomic E-state index is 0.0326. The van der Waals surface area contributed by atoms with E-state index < -0.39 is 17.9 Å². The van der Waals surface area contributed by atoms with Crippen molar-refractivity contribution in [1.82, 2.24) is 10.3 Å². The molecule has 0 saturated heterocycles. The van der Waals surface area contributed by atoms with Crippen molar-refractivity contribution in [3.8, 4) is 34.2 Å². The first-order chi connectivity index (χ1) is 20.3. The van der Waals surface area contributed by atoms with E-state index in [1.165, 1.54) is 18.4 Å². The van der Waals surface area contributed by atoms with Crippen molar-refractivity contribution in [3.05, 3.63) is 81.5 Å². The van der Waals surface area contributed by atoms with Gasteiger partial charge in [-0.3, -0.25) is 9.59 Å². The van der Waals surface area contributed by atoms with Crippen molar-refractivity contribution in [2.45, 2.75) is 6.42 Å². The summed E-state index contributed by atoms with van der Waals surface area (Å²) < 4.78 is 10.8. The van der Waals surface area contributed by atoms with Crippen molar-refractivity contribution in [3.63, 3.8) is 0 Å². The number of anilines is 2. The number of thiophene rings is 1. The minimum Gasteiger partial charge on any atom is -0.467 e.